The molecule has 0 fully saturated rings. The van der Waals surface area contributed by atoms with Crippen LogP contribution in [0.2, 0.25) is 0 Å². The summed E-state index contributed by atoms with van der Waals surface area (Å²) in [5.74, 6) is 0.441. The molecule has 0 aliphatic rings. The number of aliphatic hydroxyl groups is 1. The zero-order valence-corrected chi connectivity index (χ0v) is 13.3. The Morgan fingerprint density at radius 2 is 2.00 bits per heavy atom. The summed E-state index contributed by atoms with van der Waals surface area (Å²) in [6.07, 6.45) is 1.55. The van der Waals surface area contributed by atoms with E-state index in [0.717, 1.165) is 5.56 Å². The first-order valence-corrected chi connectivity index (χ1v) is 7.60. The summed E-state index contributed by atoms with van der Waals surface area (Å²) in [6, 6.07) is 10.9. The molecule has 0 amide bonds. The number of hydrogen-bond acceptors (Lipinski definition) is 7. The molecule has 0 saturated carbocycles. The van der Waals surface area contributed by atoms with Crippen molar-refractivity contribution in [3.8, 4) is 22.8 Å². The third-order valence-electron chi connectivity index (χ3n) is 3.90. The summed E-state index contributed by atoms with van der Waals surface area (Å²) < 4.78 is 10.6. The van der Waals surface area contributed by atoms with Crippen LogP contribution in [0.25, 0.3) is 33.8 Å². The third kappa shape index (κ3) is 2.60. The van der Waals surface area contributed by atoms with Crippen LogP contribution in [-0.2, 0) is 6.61 Å². The predicted octanol–water partition coefficient (Wildman–Crippen LogP) is 2.71. The summed E-state index contributed by atoms with van der Waals surface area (Å²) in [5.41, 5.74) is 1.76. The molecule has 3 heterocycles. The number of aromatic nitrogens is 3. The average molecular weight is 335 g/mol. The van der Waals surface area contributed by atoms with E-state index >= 15 is 0 Å². The predicted molar refractivity (Wildman–Crippen MR) is 89.7 cm³/mol. The lowest BCUT2D eigenvalue weighted by Crippen LogP contribution is -2.05. The maximum atomic E-state index is 12.3. The first-order valence-electron chi connectivity index (χ1n) is 7.60. The average Bonchev–Trinajstić information content (AvgIpc) is 3.13. The van der Waals surface area contributed by atoms with Gasteiger partial charge in [-0.05, 0) is 13.0 Å². The van der Waals surface area contributed by atoms with Crippen molar-refractivity contribution in [1.29, 1.82) is 0 Å². The number of rotatable bonds is 3. The van der Waals surface area contributed by atoms with Crippen molar-refractivity contribution in [3.05, 3.63) is 64.3 Å². The fourth-order valence-electron chi connectivity index (χ4n) is 2.59. The van der Waals surface area contributed by atoms with Crippen LogP contribution < -0.4 is 5.63 Å². The van der Waals surface area contributed by atoms with Gasteiger partial charge in [0.1, 0.15) is 5.56 Å². The van der Waals surface area contributed by atoms with Crippen molar-refractivity contribution >= 4 is 11.0 Å². The molecule has 0 saturated heterocycles. The van der Waals surface area contributed by atoms with Gasteiger partial charge in [-0.3, -0.25) is 4.98 Å². The van der Waals surface area contributed by atoms with Gasteiger partial charge in [0, 0.05) is 22.7 Å². The molecule has 0 aliphatic carbocycles. The molecule has 0 unspecified atom stereocenters. The molecule has 0 bridgehead atoms. The summed E-state index contributed by atoms with van der Waals surface area (Å²) in [5, 5.41) is 14.0. The van der Waals surface area contributed by atoms with Gasteiger partial charge in [-0.25, -0.2) is 4.79 Å². The van der Waals surface area contributed by atoms with Crippen molar-refractivity contribution < 1.29 is 14.0 Å². The molecule has 7 nitrogen and oxygen atoms in total. The van der Waals surface area contributed by atoms with E-state index in [1.54, 1.807) is 19.2 Å². The molecule has 4 aromatic rings. The zero-order chi connectivity index (χ0) is 17.4. The Labute approximate surface area is 141 Å². The maximum Gasteiger partial charge on any atom is 0.349 e. The highest BCUT2D eigenvalue weighted by Crippen LogP contribution is 2.25. The second kappa shape index (κ2) is 5.95. The Morgan fingerprint density at radius 3 is 2.76 bits per heavy atom. The van der Waals surface area contributed by atoms with E-state index in [4.69, 9.17) is 8.94 Å². The van der Waals surface area contributed by atoms with Crippen molar-refractivity contribution in [2.24, 2.45) is 0 Å². The Morgan fingerprint density at radius 1 is 1.20 bits per heavy atom. The molecule has 1 N–H and O–H groups in total. The Hall–Kier alpha value is -3.32. The van der Waals surface area contributed by atoms with Crippen LogP contribution >= 0.6 is 0 Å². The molecule has 1 aromatic carbocycles. The quantitative estimate of drug-likeness (QED) is 0.614. The number of aliphatic hydroxyl groups excluding tert-OH is 1. The topological polar surface area (TPSA) is 102 Å². The van der Waals surface area contributed by atoms with Crippen LogP contribution in [0.1, 0.15) is 11.3 Å². The first-order chi connectivity index (χ1) is 12.2. The van der Waals surface area contributed by atoms with Gasteiger partial charge in [0.15, 0.2) is 5.58 Å². The van der Waals surface area contributed by atoms with Gasteiger partial charge in [-0.1, -0.05) is 35.5 Å². The van der Waals surface area contributed by atoms with E-state index in [9.17, 15) is 9.90 Å². The van der Waals surface area contributed by atoms with E-state index in [1.165, 1.54) is 0 Å². The Balaban J connectivity index is 1.89. The summed E-state index contributed by atoms with van der Waals surface area (Å²) in [7, 11) is 0. The van der Waals surface area contributed by atoms with E-state index in [1.807, 2.05) is 30.3 Å². The standard InChI is InChI=1S/C18H13N3O4/c1-10-15-13(12(9-22)8-19-10)7-14(18(23)24-15)17-20-16(21-25-17)11-5-3-2-4-6-11/h2-8,22H,9H2,1H3. The van der Waals surface area contributed by atoms with Gasteiger partial charge in [-0.2, -0.15) is 4.98 Å². The summed E-state index contributed by atoms with van der Waals surface area (Å²) in [4.78, 5) is 20.7. The van der Waals surface area contributed by atoms with Gasteiger partial charge in [0.25, 0.3) is 5.89 Å². The summed E-state index contributed by atoms with van der Waals surface area (Å²) >= 11 is 0. The summed E-state index contributed by atoms with van der Waals surface area (Å²) in [6.45, 7) is 1.50. The number of aryl methyl sites for hydroxylation is 1. The van der Waals surface area contributed by atoms with Crippen LogP contribution in [0.3, 0.4) is 0 Å². The van der Waals surface area contributed by atoms with Crippen LogP contribution in [0, 0.1) is 6.92 Å². The van der Waals surface area contributed by atoms with E-state index in [-0.39, 0.29) is 18.1 Å². The molecule has 124 valence electrons. The lowest BCUT2D eigenvalue weighted by atomic mass is 10.1. The van der Waals surface area contributed by atoms with Crippen molar-refractivity contribution in [2.75, 3.05) is 0 Å². The van der Waals surface area contributed by atoms with Crippen molar-refractivity contribution in [3.63, 3.8) is 0 Å². The van der Waals surface area contributed by atoms with E-state index in [2.05, 4.69) is 15.1 Å². The van der Waals surface area contributed by atoms with Crippen molar-refractivity contribution in [1.82, 2.24) is 15.1 Å². The van der Waals surface area contributed by atoms with Crippen LogP contribution in [0.15, 0.2) is 56.3 Å². The number of nitrogens with zero attached hydrogens (tertiary/aromatic N) is 3. The molecule has 0 spiro atoms. The molecule has 0 atom stereocenters. The smallest absolute Gasteiger partial charge is 0.349 e. The molecule has 0 radical (unpaired) electrons. The third-order valence-corrected chi connectivity index (χ3v) is 3.90. The minimum atomic E-state index is -0.601. The number of hydrogen-bond donors (Lipinski definition) is 1. The molecule has 4 rings (SSSR count). The van der Waals surface area contributed by atoms with Crippen LogP contribution in [0.4, 0.5) is 0 Å². The molecular formula is C18H13N3O4. The van der Waals surface area contributed by atoms with Crippen molar-refractivity contribution in [2.45, 2.75) is 13.5 Å². The number of fused-ring (bicyclic) bond motifs is 1. The Kier molecular flexibility index (Phi) is 3.62. The van der Waals surface area contributed by atoms with E-state index < -0.39 is 5.63 Å². The SMILES string of the molecule is Cc1ncc(CO)c2cc(-c3nc(-c4ccccc4)no3)c(=O)oc12. The first kappa shape index (κ1) is 15.2. The molecule has 25 heavy (non-hydrogen) atoms. The Bertz CT molecular complexity index is 1120. The fraction of sp³-hybridized carbons (Fsp3) is 0.111. The second-order valence-corrected chi connectivity index (χ2v) is 5.51. The highest BCUT2D eigenvalue weighted by atomic mass is 16.5. The lowest BCUT2D eigenvalue weighted by molar-refractivity contribution is 0.282. The minimum Gasteiger partial charge on any atom is -0.420 e. The van der Waals surface area contributed by atoms with E-state index in [0.29, 0.717) is 28.1 Å². The maximum absolute atomic E-state index is 12.3. The monoisotopic (exact) mass is 335 g/mol. The van der Waals surface area contributed by atoms with Gasteiger partial charge >= 0.3 is 5.63 Å². The van der Waals surface area contributed by atoms with Gasteiger partial charge in [0.05, 0.1) is 12.3 Å². The normalized spacial score (nSPS) is 11.1. The van der Waals surface area contributed by atoms with Gasteiger partial charge in [-0.15, -0.1) is 0 Å². The lowest BCUT2D eigenvalue weighted by Gasteiger charge is -2.05. The highest BCUT2D eigenvalue weighted by molar-refractivity contribution is 5.84. The number of benzene rings is 1. The largest absolute Gasteiger partial charge is 0.420 e. The van der Waals surface area contributed by atoms with Gasteiger partial charge in [0.2, 0.25) is 5.82 Å². The second-order valence-electron chi connectivity index (χ2n) is 5.51. The zero-order valence-electron chi connectivity index (χ0n) is 13.3. The molecule has 7 heteroatoms. The highest BCUT2D eigenvalue weighted by Gasteiger charge is 2.18. The fourth-order valence-corrected chi connectivity index (χ4v) is 2.59. The molecule has 3 aromatic heterocycles. The van der Waals surface area contributed by atoms with Gasteiger partial charge < -0.3 is 14.0 Å². The molecular weight excluding hydrogens is 322 g/mol. The minimum absolute atomic E-state index is 0.0628. The van der Waals surface area contributed by atoms with Crippen LogP contribution in [0.5, 0.6) is 0 Å². The van der Waals surface area contributed by atoms with Crippen LogP contribution in [-0.4, -0.2) is 20.2 Å². The number of pyridine rings is 1. The molecule has 0 aliphatic heterocycles.